The number of halogens is 1. The van der Waals surface area contributed by atoms with Crippen LogP contribution in [0, 0.1) is 5.92 Å². The largest absolute Gasteiger partial charge is 0.497 e. The standard InChI is InChI=1S/C23H27N3O3.ClH/c1-29-20-6-2-4-16(12-20)13-22(27)26-11-9-17-7-8-19(14-21(17)26)25-23(28)18-5-3-10-24-15-18;/h2,4,6-8,12,14,18,24H,3,5,9-11,13,15H2,1H3,(H,25,28);1H. The second kappa shape index (κ2) is 9.96. The Bertz CT molecular complexity index is 912. The fourth-order valence-electron chi connectivity index (χ4n) is 4.09. The predicted octanol–water partition coefficient (Wildman–Crippen LogP) is 3.19. The third-order valence-electron chi connectivity index (χ3n) is 5.71. The van der Waals surface area contributed by atoms with Crippen LogP contribution in [0.5, 0.6) is 5.75 Å². The molecule has 7 heteroatoms. The van der Waals surface area contributed by atoms with Crippen LogP contribution in [0.1, 0.15) is 24.0 Å². The molecule has 0 bridgehead atoms. The van der Waals surface area contributed by atoms with Crippen molar-refractivity contribution in [3.05, 3.63) is 53.6 Å². The van der Waals surface area contributed by atoms with Crippen molar-refractivity contribution in [1.82, 2.24) is 5.32 Å². The van der Waals surface area contributed by atoms with Gasteiger partial charge in [0.15, 0.2) is 0 Å². The van der Waals surface area contributed by atoms with Crippen LogP contribution in [0.25, 0.3) is 0 Å². The highest BCUT2D eigenvalue weighted by Gasteiger charge is 2.26. The number of nitrogens with one attached hydrogen (secondary N) is 2. The molecule has 0 aliphatic carbocycles. The van der Waals surface area contributed by atoms with Crippen molar-refractivity contribution < 1.29 is 14.3 Å². The molecule has 160 valence electrons. The highest BCUT2D eigenvalue weighted by molar-refractivity contribution is 5.99. The minimum absolute atomic E-state index is 0. The van der Waals surface area contributed by atoms with Gasteiger partial charge < -0.3 is 20.3 Å². The number of benzene rings is 2. The van der Waals surface area contributed by atoms with Gasteiger partial charge in [-0.3, -0.25) is 9.59 Å². The Morgan fingerprint density at radius 1 is 1.23 bits per heavy atom. The van der Waals surface area contributed by atoms with Crippen molar-refractivity contribution >= 4 is 35.6 Å². The highest BCUT2D eigenvalue weighted by Crippen LogP contribution is 2.32. The highest BCUT2D eigenvalue weighted by atomic mass is 35.5. The van der Waals surface area contributed by atoms with Gasteiger partial charge in [-0.15, -0.1) is 12.4 Å². The molecule has 2 heterocycles. The minimum Gasteiger partial charge on any atom is -0.497 e. The molecule has 2 amide bonds. The molecule has 1 saturated heterocycles. The number of hydrogen-bond donors (Lipinski definition) is 2. The van der Waals surface area contributed by atoms with Crippen LogP contribution in [-0.2, 0) is 22.4 Å². The summed E-state index contributed by atoms with van der Waals surface area (Å²) in [5.41, 5.74) is 3.72. The Labute approximate surface area is 183 Å². The zero-order valence-corrected chi connectivity index (χ0v) is 18.0. The first kappa shape index (κ1) is 22.1. The first-order valence-corrected chi connectivity index (χ1v) is 10.2. The summed E-state index contributed by atoms with van der Waals surface area (Å²) in [6, 6.07) is 13.5. The number of carbonyl (C=O) groups is 2. The fraction of sp³-hybridized carbons (Fsp3) is 0.391. The SMILES string of the molecule is COc1cccc(CC(=O)N2CCc3ccc(NC(=O)C4CCCNC4)cc32)c1.Cl. The number of piperidine rings is 1. The van der Waals surface area contributed by atoms with E-state index in [0.717, 1.165) is 60.6 Å². The molecule has 0 spiro atoms. The van der Waals surface area contributed by atoms with Crippen molar-refractivity contribution in [2.75, 3.05) is 37.0 Å². The molecule has 2 aliphatic rings. The maximum absolute atomic E-state index is 12.9. The van der Waals surface area contributed by atoms with Crippen molar-refractivity contribution in [1.29, 1.82) is 0 Å². The number of amides is 2. The Balaban J connectivity index is 0.00000256. The van der Waals surface area contributed by atoms with Gasteiger partial charge in [-0.1, -0.05) is 18.2 Å². The van der Waals surface area contributed by atoms with Gasteiger partial charge in [0.05, 0.1) is 19.4 Å². The first-order valence-electron chi connectivity index (χ1n) is 10.2. The molecular formula is C23H28ClN3O3. The van der Waals surface area contributed by atoms with Gasteiger partial charge >= 0.3 is 0 Å². The van der Waals surface area contributed by atoms with E-state index in [9.17, 15) is 9.59 Å². The molecule has 2 N–H and O–H groups in total. The van der Waals surface area contributed by atoms with Crippen LogP contribution < -0.4 is 20.3 Å². The van der Waals surface area contributed by atoms with Crippen LogP contribution >= 0.6 is 12.4 Å². The lowest BCUT2D eigenvalue weighted by Crippen LogP contribution is -2.37. The number of fused-ring (bicyclic) bond motifs is 1. The number of anilines is 2. The normalized spacial score (nSPS) is 17.6. The van der Waals surface area contributed by atoms with Crippen LogP contribution in [0.4, 0.5) is 11.4 Å². The predicted molar refractivity (Wildman–Crippen MR) is 121 cm³/mol. The third kappa shape index (κ3) is 4.94. The van der Waals surface area contributed by atoms with Crippen molar-refractivity contribution in [2.24, 2.45) is 5.92 Å². The maximum atomic E-state index is 12.9. The van der Waals surface area contributed by atoms with E-state index in [2.05, 4.69) is 10.6 Å². The van der Waals surface area contributed by atoms with Gasteiger partial charge in [0.2, 0.25) is 11.8 Å². The molecule has 2 aromatic carbocycles. The summed E-state index contributed by atoms with van der Waals surface area (Å²) in [5, 5.41) is 6.31. The summed E-state index contributed by atoms with van der Waals surface area (Å²) in [4.78, 5) is 27.3. The number of rotatable bonds is 5. The van der Waals surface area contributed by atoms with Crippen LogP contribution in [0.3, 0.4) is 0 Å². The van der Waals surface area contributed by atoms with Crippen molar-refractivity contribution in [3.8, 4) is 5.75 Å². The van der Waals surface area contributed by atoms with Gasteiger partial charge in [-0.25, -0.2) is 0 Å². The smallest absolute Gasteiger partial charge is 0.231 e. The van der Waals surface area contributed by atoms with E-state index in [1.807, 2.05) is 47.4 Å². The fourth-order valence-corrected chi connectivity index (χ4v) is 4.09. The second-order valence-corrected chi connectivity index (χ2v) is 7.70. The molecule has 2 aromatic rings. The average molecular weight is 430 g/mol. The summed E-state index contributed by atoms with van der Waals surface area (Å²) in [6.45, 7) is 2.37. The quantitative estimate of drug-likeness (QED) is 0.765. The molecule has 1 atom stereocenters. The number of hydrogen-bond acceptors (Lipinski definition) is 4. The summed E-state index contributed by atoms with van der Waals surface area (Å²) in [5.74, 6) is 0.850. The van der Waals surface area contributed by atoms with Crippen molar-refractivity contribution in [2.45, 2.75) is 25.7 Å². The van der Waals surface area contributed by atoms with E-state index in [0.29, 0.717) is 13.0 Å². The van der Waals surface area contributed by atoms with E-state index < -0.39 is 0 Å². The molecular weight excluding hydrogens is 402 g/mol. The number of nitrogens with zero attached hydrogens (tertiary/aromatic N) is 1. The van der Waals surface area contributed by atoms with E-state index in [4.69, 9.17) is 4.74 Å². The maximum Gasteiger partial charge on any atom is 0.231 e. The van der Waals surface area contributed by atoms with Gasteiger partial charge in [0, 0.05) is 24.5 Å². The zero-order valence-electron chi connectivity index (χ0n) is 17.1. The van der Waals surface area contributed by atoms with E-state index in [1.165, 1.54) is 0 Å². The monoisotopic (exact) mass is 429 g/mol. The molecule has 0 saturated carbocycles. The number of methoxy groups -OCH3 is 1. The minimum atomic E-state index is 0. The summed E-state index contributed by atoms with van der Waals surface area (Å²) >= 11 is 0. The second-order valence-electron chi connectivity index (χ2n) is 7.70. The van der Waals surface area contributed by atoms with Crippen molar-refractivity contribution in [3.63, 3.8) is 0 Å². The summed E-state index contributed by atoms with van der Waals surface area (Å²) < 4.78 is 5.25. The summed E-state index contributed by atoms with van der Waals surface area (Å²) in [6.07, 6.45) is 3.09. The van der Waals surface area contributed by atoms with Gasteiger partial charge in [-0.2, -0.15) is 0 Å². The molecule has 0 radical (unpaired) electrons. The van der Waals surface area contributed by atoms with E-state index >= 15 is 0 Å². The summed E-state index contributed by atoms with van der Waals surface area (Å²) in [7, 11) is 1.62. The lowest BCUT2D eigenvalue weighted by molar-refractivity contribution is -0.120. The molecule has 0 aromatic heterocycles. The Morgan fingerprint density at radius 2 is 2.10 bits per heavy atom. The molecule has 2 aliphatic heterocycles. The molecule has 1 unspecified atom stereocenters. The molecule has 4 rings (SSSR count). The number of carbonyl (C=O) groups excluding carboxylic acids is 2. The molecule has 1 fully saturated rings. The Hall–Kier alpha value is -2.57. The van der Waals surface area contributed by atoms with Gasteiger partial charge in [0.1, 0.15) is 5.75 Å². The molecule has 6 nitrogen and oxygen atoms in total. The molecule has 30 heavy (non-hydrogen) atoms. The van der Waals surface area contributed by atoms with Gasteiger partial charge in [-0.05, 0) is 61.2 Å². The lowest BCUT2D eigenvalue weighted by Gasteiger charge is -2.22. The number of ether oxygens (including phenoxy) is 1. The first-order chi connectivity index (χ1) is 14.1. The Morgan fingerprint density at radius 3 is 2.87 bits per heavy atom. The van der Waals surface area contributed by atoms with Crippen LogP contribution in [-0.4, -0.2) is 38.6 Å². The van der Waals surface area contributed by atoms with E-state index in [-0.39, 0.29) is 30.1 Å². The topological polar surface area (TPSA) is 70.7 Å². The average Bonchev–Trinajstić information content (AvgIpc) is 3.18. The van der Waals surface area contributed by atoms with Crippen LogP contribution in [0.15, 0.2) is 42.5 Å². The Kier molecular flexibility index (Phi) is 7.34. The van der Waals surface area contributed by atoms with E-state index in [1.54, 1.807) is 7.11 Å². The van der Waals surface area contributed by atoms with Gasteiger partial charge in [0.25, 0.3) is 0 Å². The lowest BCUT2D eigenvalue weighted by atomic mass is 9.98. The zero-order chi connectivity index (χ0) is 20.2. The third-order valence-corrected chi connectivity index (χ3v) is 5.71. The van der Waals surface area contributed by atoms with Crippen LogP contribution in [0.2, 0.25) is 0 Å².